The number of hydrogen-bond acceptors (Lipinski definition) is 3. The van der Waals surface area contributed by atoms with Crippen LogP contribution >= 0.6 is 0 Å². The van der Waals surface area contributed by atoms with Crippen LogP contribution in [0.25, 0.3) is 6.08 Å². The van der Waals surface area contributed by atoms with Gasteiger partial charge >= 0.3 is 5.97 Å². The van der Waals surface area contributed by atoms with Crippen LogP contribution in [0.2, 0.25) is 0 Å². The van der Waals surface area contributed by atoms with Crippen molar-refractivity contribution in [2.24, 2.45) is 5.92 Å². The summed E-state index contributed by atoms with van der Waals surface area (Å²) in [4.78, 5) is 17.2. The molecule has 1 saturated carbocycles. The third-order valence-electron chi connectivity index (χ3n) is 3.08. The van der Waals surface area contributed by atoms with E-state index in [0.717, 1.165) is 36.5 Å². The minimum Gasteiger partial charge on any atom is -0.478 e. The van der Waals surface area contributed by atoms with E-state index in [1.165, 1.54) is 12.8 Å². The molecule has 1 fully saturated rings. The number of pyridine rings is 1. The minimum absolute atomic E-state index is 0.781. The van der Waals surface area contributed by atoms with Crippen molar-refractivity contribution in [3.05, 3.63) is 30.0 Å². The Balaban J connectivity index is 2.21. The highest BCUT2D eigenvalue weighted by atomic mass is 16.4. The molecule has 1 aliphatic rings. The fourth-order valence-corrected chi connectivity index (χ4v) is 1.94. The molecule has 0 bridgehead atoms. The molecule has 1 aromatic heterocycles. The Bertz CT molecular complexity index is 453. The number of rotatable bonds is 6. The zero-order valence-corrected chi connectivity index (χ0v) is 10.5. The van der Waals surface area contributed by atoms with E-state index < -0.39 is 5.97 Å². The van der Waals surface area contributed by atoms with Crippen molar-refractivity contribution < 1.29 is 9.90 Å². The molecule has 2 rings (SSSR count). The van der Waals surface area contributed by atoms with Gasteiger partial charge in [0, 0.05) is 30.9 Å². The minimum atomic E-state index is -0.935. The molecule has 0 spiro atoms. The molecule has 0 unspecified atom stereocenters. The lowest BCUT2D eigenvalue weighted by Crippen LogP contribution is -2.26. The molecule has 1 N–H and O–H groups in total. The standard InChI is InChI=1S/C14H18N2O2/c1-2-16(10-11-5-6-11)14-12(4-3-9-15-14)7-8-13(17)18/h3-4,7-9,11H,2,5-6,10H2,1H3,(H,17,18)/b8-7+. The normalized spacial score (nSPS) is 14.9. The van der Waals surface area contributed by atoms with Crippen LogP contribution in [-0.2, 0) is 4.79 Å². The van der Waals surface area contributed by atoms with Crippen molar-refractivity contribution in [1.82, 2.24) is 4.98 Å². The summed E-state index contributed by atoms with van der Waals surface area (Å²) in [7, 11) is 0. The summed E-state index contributed by atoms with van der Waals surface area (Å²) in [5.74, 6) is 0.725. The summed E-state index contributed by atoms with van der Waals surface area (Å²) in [5, 5.41) is 8.70. The second-order valence-corrected chi connectivity index (χ2v) is 4.57. The number of nitrogens with zero attached hydrogens (tertiary/aromatic N) is 2. The van der Waals surface area contributed by atoms with Crippen LogP contribution < -0.4 is 4.90 Å². The van der Waals surface area contributed by atoms with E-state index in [4.69, 9.17) is 5.11 Å². The smallest absolute Gasteiger partial charge is 0.328 e. The average Bonchev–Trinajstić information content (AvgIpc) is 3.18. The average molecular weight is 246 g/mol. The zero-order chi connectivity index (χ0) is 13.0. The number of hydrogen-bond donors (Lipinski definition) is 1. The predicted molar refractivity (Wildman–Crippen MR) is 71.5 cm³/mol. The number of anilines is 1. The first-order chi connectivity index (χ1) is 8.70. The first-order valence-electron chi connectivity index (χ1n) is 6.31. The molecule has 0 radical (unpaired) electrons. The van der Waals surface area contributed by atoms with Gasteiger partial charge in [-0.25, -0.2) is 9.78 Å². The fraction of sp³-hybridized carbons (Fsp3) is 0.429. The van der Waals surface area contributed by atoms with E-state index in [-0.39, 0.29) is 0 Å². The van der Waals surface area contributed by atoms with Crippen LogP contribution in [0.15, 0.2) is 24.4 Å². The molecule has 0 saturated heterocycles. The van der Waals surface area contributed by atoms with E-state index in [9.17, 15) is 4.79 Å². The van der Waals surface area contributed by atoms with E-state index in [2.05, 4.69) is 16.8 Å². The molecule has 0 amide bonds. The summed E-state index contributed by atoms with van der Waals surface area (Å²) in [6.45, 7) is 4.00. The molecule has 1 aromatic rings. The van der Waals surface area contributed by atoms with Crippen LogP contribution in [0, 0.1) is 5.92 Å². The van der Waals surface area contributed by atoms with Gasteiger partial charge < -0.3 is 10.0 Å². The Morgan fingerprint density at radius 2 is 2.39 bits per heavy atom. The van der Waals surface area contributed by atoms with Gasteiger partial charge in [-0.05, 0) is 43.9 Å². The van der Waals surface area contributed by atoms with Crippen LogP contribution in [0.1, 0.15) is 25.3 Å². The lowest BCUT2D eigenvalue weighted by Gasteiger charge is -2.23. The van der Waals surface area contributed by atoms with Crippen LogP contribution in [-0.4, -0.2) is 29.1 Å². The third-order valence-corrected chi connectivity index (χ3v) is 3.08. The number of aromatic nitrogens is 1. The SMILES string of the molecule is CCN(CC1CC1)c1ncccc1/C=C/C(=O)O. The molecule has 96 valence electrons. The highest BCUT2D eigenvalue weighted by Gasteiger charge is 2.24. The van der Waals surface area contributed by atoms with Gasteiger partial charge in [-0.2, -0.15) is 0 Å². The maximum Gasteiger partial charge on any atom is 0.328 e. The molecule has 18 heavy (non-hydrogen) atoms. The molecule has 0 atom stereocenters. The van der Waals surface area contributed by atoms with Gasteiger partial charge in [-0.1, -0.05) is 0 Å². The van der Waals surface area contributed by atoms with Gasteiger partial charge in [0.2, 0.25) is 0 Å². The molecule has 0 aliphatic heterocycles. The lowest BCUT2D eigenvalue weighted by molar-refractivity contribution is -0.131. The number of carboxylic acid groups (broad SMARTS) is 1. The van der Waals surface area contributed by atoms with Gasteiger partial charge in [-0.15, -0.1) is 0 Å². The Labute approximate surface area is 107 Å². The zero-order valence-electron chi connectivity index (χ0n) is 10.5. The highest BCUT2D eigenvalue weighted by molar-refractivity contribution is 5.86. The molecule has 4 nitrogen and oxygen atoms in total. The fourth-order valence-electron chi connectivity index (χ4n) is 1.94. The second-order valence-electron chi connectivity index (χ2n) is 4.57. The number of carboxylic acids is 1. The summed E-state index contributed by atoms with van der Waals surface area (Å²) in [5.41, 5.74) is 0.863. The maximum atomic E-state index is 10.6. The summed E-state index contributed by atoms with van der Waals surface area (Å²) >= 11 is 0. The van der Waals surface area contributed by atoms with Gasteiger partial charge in [0.15, 0.2) is 0 Å². The van der Waals surface area contributed by atoms with E-state index in [1.54, 1.807) is 12.3 Å². The Hall–Kier alpha value is -1.84. The maximum absolute atomic E-state index is 10.6. The molecular weight excluding hydrogens is 228 g/mol. The molecule has 4 heteroatoms. The van der Waals surface area contributed by atoms with E-state index in [0.29, 0.717) is 0 Å². The second kappa shape index (κ2) is 5.67. The lowest BCUT2D eigenvalue weighted by atomic mass is 10.2. The van der Waals surface area contributed by atoms with E-state index >= 15 is 0 Å². The van der Waals surface area contributed by atoms with Crippen molar-refractivity contribution in [3.63, 3.8) is 0 Å². The Morgan fingerprint density at radius 1 is 1.61 bits per heavy atom. The van der Waals surface area contributed by atoms with Gasteiger partial charge in [0.1, 0.15) is 5.82 Å². The monoisotopic (exact) mass is 246 g/mol. The Morgan fingerprint density at radius 3 is 3.00 bits per heavy atom. The number of aliphatic carboxylic acids is 1. The predicted octanol–water partition coefficient (Wildman–Crippen LogP) is 2.42. The van der Waals surface area contributed by atoms with Crippen molar-refractivity contribution >= 4 is 17.9 Å². The largest absolute Gasteiger partial charge is 0.478 e. The van der Waals surface area contributed by atoms with Crippen LogP contribution in [0.3, 0.4) is 0 Å². The molecule has 0 aromatic carbocycles. The van der Waals surface area contributed by atoms with Crippen LogP contribution in [0.5, 0.6) is 0 Å². The Kier molecular flexibility index (Phi) is 3.97. The first kappa shape index (κ1) is 12.6. The molecular formula is C14H18N2O2. The summed E-state index contributed by atoms with van der Waals surface area (Å²) in [6, 6.07) is 3.73. The number of carbonyl (C=O) groups is 1. The third kappa shape index (κ3) is 3.32. The quantitative estimate of drug-likeness (QED) is 0.783. The van der Waals surface area contributed by atoms with Crippen molar-refractivity contribution in [2.75, 3.05) is 18.0 Å². The van der Waals surface area contributed by atoms with Crippen LogP contribution in [0.4, 0.5) is 5.82 Å². The summed E-state index contributed by atoms with van der Waals surface area (Å²) < 4.78 is 0. The first-order valence-corrected chi connectivity index (χ1v) is 6.31. The van der Waals surface area contributed by atoms with E-state index in [1.807, 2.05) is 12.1 Å². The van der Waals surface area contributed by atoms with Gasteiger partial charge in [0.25, 0.3) is 0 Å². The van der Waals surface area contributed by atoms with Crippen molar-refractivity contribution in [2.45, 2.75) is 19.8 Å². The highest BCUT2D eigenvalue weighted by Crippen LogP contribution is 2.31. The molecule has 1 heterocycles. The van der Waals surface area contributed by atoms with Crippen molar-refractivity contribution in [1.29, 1.82) is 0 Å². The van der Waals surface area contributed by atoms with Gasteiger partial charge in [0.05, 0.1) is 0 Å². The topological polar surface area (TPSA) is 53.4 Å². The van der Waals surface area contributed by atoms with Crippen molar-refractivity contribution in [3.8, 4) is 0 Å². The van der Waals surface area contributed by atoms with Gasteiger partial charge in [-0.3, -0.25) is 0 Å². The molecule has 1 aliphatic carbocycles. The summed E-state index contributed by atoms with van der Waals surface area (Å²) in [6.07, 6.45) is 7.11.